The van der Waals surface area contributed by atoms with Crippen molar-refractivity contribution in [1.29, 1.82) is 0 Å². The molecule has 3 saturated carbocycles. The zero-order chi connectivity index (χ0) is 12.0. The van der Waals surface area contributed by atoms with Gasteiger partial charge in [0.2, 0.25) is 0 Å². The quantitative estimate of drug-likeness (QED) is 0.618. The Morgan fingerprint density at radius 2 is 1.35 bits per heavy atom. The van der Waals surface area contributed by atoms with E-state index in [9.17, 15) is 0 Å². The van der Waals surface area contributed by atoms with Gasteiger partial charge in [0.05, 0.1) is 0 Å². The molecule has 0 heteroatoms. The predicted molar refractivity (Wildman–Crippen MR) is 73.8 cm³/mol. The van der Waals surface area contributed by atoms with Crippen LogP contribution >= 0.6 is 0 Å². The van der Waals surface area contributed by atoms with E-state index in [2.05, 4.69) is 20.8 Å². The average molecular weight is 234 g/mol. The van der Waals surface area contributed by atoms with Crippen molar-refractivity contribution in [2.45, 2.75) is 65.7 Å². The second-order valence-electron chi connectivity index (χ2n) is 7.11. The van der Waals surface area contributed by atoms with Crippen molar-refractivity contribution < 1.29 is 0 Å². The molecule has 0 spiro atoms. The highest BCUT2D eigenvalue weighted by molar-refractivity contribution is 5.04. The summed E-state index contributed by atoms with van der Waals surface area (Å²) in [6.45, 7) is 7.25. The molecule has 0 heterocycles. The first kappa shape index (κ1) is 12.1. The summed E-state index contributed by atoms with van der Waals surface area (Å²) in [5.74, 6) is 7.93. The summed E-state index contributed by atoms with van der Waals surface area (Å²) in [5.41, 5.74) is 0. The van der Waals surface area contributed by atoms with Gasteiger partial charge in [-0.3, -0.25) is 0 Å². The fraction of sp³-hybridized carbons (Fsp3) is 1.00. The topological polar surface area (TPSA) is 0 Å². The van der Waals surface area contributed by atoms with Crippen molar-refractivity contribution in [3.8, 4) is 0 Å². The fourth-order valence-corrected chi connectivity index (χ4v) is 5.31. The summed E-state index contributed by atoms with van der Waals surface area (Å²) in [7, 11) is 0. The first-order chi connectivity index (χ1) is 8.30. The van der Waals surface area contributed by atoms with E-state index in [1.807, 2.05) is 0 Å². The maximum atomic E-state index is 2.45. The molecule has 7 unspecified atom stereocenters. The van der Waals surface area contributed by atoms with Crippen LogP contribution in [0.1, 0.15) is 65.7 Å². The molecule has 7 atom stereocenters. The van der Waals surface area contributed by atoms with Crippen molar-refractivity contribution >= 4 is 0 Å². The molecule has 3 aliphatic rings. The van der Waals surface area contributed by atoms with E-state index in [1.54, 1.807) is 25.7 Å². The van der Waals surface area contributed by atoms with Gasteiger partial charge >= 0.3 is 0 Å². The Labute approximate surface area is 108 Å². The van der Waals surface area contributed by atoms with Crippen LogP contribution in [-0.4, -0.2) is 0 Å². The van der Waals surface area contributed by atoms with E-state index in [0.29, 0.717) is 0 Å². The summed E-state index contributed by atoms with van der Waals surface area (Å²) >= 11 is 0. The van der Waals surface area contributed by atoms with Crippen molar-refractivity contribution in [1.82, 2.24) is 0 Å². The third-order valence-electron chi connectivity index (χ3n) is 6.72. The van der Waals surface area contributed by atoms with Crippen LogP contribution in [0, 0.1) is 41.4 Å². The van der Waals surface area contributed by atoms with Gasteiger partial charge in [-0.15, -0.1) is 0 Å². The van der Waals surface area contributed by atoms with Gasteiger partial charge in [-0.1, -0.05) is 40.0 Å². The lowest BCUT2D eigenvalue weighted by Gasteiger charge is -2.55. The Bertz CT molecular complexity index is 267. The molecular weight excluding hydrogens is 204 g/mol. The molecule has 0 N–H and O–H groups in total. The van der Waals surface area contributed by atoms with Crippen molar-refractivity contribution in [3.05, 3.63) is 0 Å². The maximum absolute atomic E-state index is 2.45. The molecule has 3 fully saturated rings. The number of hydrogen-bond acceptors (Lipinski definition) is 0. The minimum atomic E-state index is 1.11. The predicted octanol–water partition coefficient (Wildman–Crippen LogP) is 5.13. The Kier molecular flexibility index (Phi) is 3.26. The van der Waals surface area contributed by atoms with Crippen molar-refractivity contribution in [2.75, 3.05) is 0 Å². The molecule has 0 bridgehead atoms. The average Bonchev–Trinajstić information content (AvgIpc) is 3.02. The summed E-state index contributed by atoms with van der Waals surface area (Å²) in [5, 5.41) is 0. The van der Waals surface area contributed by atoms with Gasteiger partial charge in [-0.25, -0.2) is 0 Å². The van der Waals surface area contributed by atoms with Crippen molar-refractivity contribution in [3.63, 3.8) is 0 Å². The third-order valence-corrected chi connectivity index (χ3v) is 6.72. The Balaban J connectivity index is 1.55. The van der Waals surface area contributed by atoms with Gasteiger partial charge in [-0.05, 0) is 67.1 Å². The largest absolute Gasteiger partial charge is 0.0651 e. The molecule has 3 rings (SSSR count). The highest BCUT2D eigenvalue weighted by Crippen LogP contribution is 2.63. The Hall–Kier alpha value is 0. The minimum Gasteiger partial charge on any atom is -0.0651 e. The highest BCUT2D eigenvalue weighted by atomic mass is 14.6. The van der Waals surface area contributed by atoms with E-state index in [4.69, 9.17) is 0 Å². The molecule has 0 aromatic rings. The van der Waals surface area contributed by atoms with Gasteiger partial charge in [-0.2, -0.15) is 0 Å². The van der Waals surface area contributed by atoms with Gasteiger partial charge in [0.1, 0.15) is 0 Å². The van der Waals surface area contributed by atoms with Crippen molar-refractivity contribution in [2.24, 2.45) is 41.4 Å². The molecule has 3 aliphatic carbocycles. The molecule has 0 aliphatic heterocycles. The molecule has 98 valence electrons. The van der Waals surface area contributed by atoms with Crippen LogP contribution in [-0.2, 0) is 0 Å². The monoisotopic (exact) mass is 234 g/mol. The van der Waals surface area contributed by atoms with Gasteiger partial charge in [0.15, 0.2) is 0 Å². The van der Waals surface area contributed by atoms with E-state index in [0.717, 1.165) is 41.4 Å². The zero-order valence-electron chi connectivity index (χ0n) is 12.0. The third kappa shape index (κ3) is 1.87. The maximum Gasteiger partial charge on any atom is -0.0349 e. The summed E-state index contributed by atoms with van der Waals surface area (Å²) in [4.78, 5) is 0. The van der Waals surface area contributed by atoms with Gasteiger partial charge in [0, 0.05) is 0 Å². The first-order valence-corrected chi connectivity index (χ1v) is 8.30. The summed E-state index contributed by atoms with van der Waals surface area (Å²) in [6.07, 6.45) is 10.7. The van der Waals surface area contributed by atoms with Crippen LogP contribution in [0.15, 0.2) is 0 Å². The van der Waals surface area contributed by atoms with E-state index < -0.39 is 0 Å². The van der Waals surface area contributed by atoms with Crippen LogP contribution in [0.3, 0.4) is 0 Å². The standard InChI is InChI=1S/C17H30/c1-4-11-7-8-14(11)16-10-17(13(16)6-3)15-9-12(15)5-2/h11-17H,4-10H2,1-3H3. The second-order valence-corrected chi connectivity index (χ2v) is 7.11. The second kappa shape index (κ2) is 4.59. The molecule has 0 aromatic heterocycles. The van der Waals surface area contributed by atoms with Crippen LogP contribution in [0.5, 0.6) is 0 Å². The summed E-state index contributed by atoms with van der Waals surface area (Å²) in [6, 6.07) is 0. The molecule has 0 amide bonds. The van der Waals surface area contributed by atoms with Gasteiger partial charge in [0.25, 0.3) is 0 Å². The Morgan fingerprint density at radius 1 is 0.647 bits per heavy atom. The van der Waals surface area contributed by atoms with Crippen LogP contribution in [0.4, 0.5) is 0 Å². The molecule has 0 radical (unpaired) electrons. The molecule has 17 heavy (non-hydrogen) atoms. The zero-order valence-corrected chi connectivity index (χ0v) is 12.0. The lowest BCUT2D eigenvalue weighted by Crippen LogP contribution is -2.47. The summed E-state index contributed by atoms with van der Waals surface area (Å²) < 4.78 is 0. The number of rotatable bonds is 5. The SMILES string of the molecule is CCC1CCC1C1CC(C2CC2CC)C1CC. The highest BCUT2D eigenvalue weighted by Gasteiger charge is 2.55. The Morgan fingerprint density at radius 3 is 1.82 bits per heavy atom. The molecule has 0 saturated heterocycles. The fourth-order valence-electron chi connectivity index (χ4n) is 5.31. The molecular formula is C17H30. The lowest BCUT2D eigenvalue weighted by atomic mass is 9.50. The molecule has 0 nitrogen and oxygen atoms in total. The van der Waals surface area contributed by atoms with Gasteiger partial charge < -0.3 is 0 Å². The van der Waals surface area contributed by atoms with Crippen LogP contribution < -0.4 is 0 Å². The normalized spacial score (nSPS) is 52.8. The lowest BCUT2D eigenvalue weighted by molar-refractivity contribution is -0.0550. The minimum absolute atomic E-state index is 1.11. The smallest absolute Gasteiger partial charge is 0.0349 e. The van der Waals surface area contributed by atoms with E-state index in [-0.39, 0.29) is 0 Å². The van der Waals surface area contributed by atoms with Crippen LogP contribution in [0.25, 0.3) is 0 Å². The first-order valence-electron chi connectivity index (χ1n) is 8.30. The van der Waals surface area contributed by atoms with Crippen LogP contribution in [0.2, 0.25) is 0 Å². The van der Waals surface area contributed by atoms with E-state index in [1.165, 1.54) is 19.3 Å². The number of hydrogen-bond donors (Lipinski definition) is 0. The molecule has 0 aromatic carbocycles. The van der Waals surface area contributed by atoms with E-state index >= 15 is 0 Å².